The minimum absolute atomic E-state index is 0.227. The summed E-state index contributed by atoms with van der Waals surface area (Å²) in [6, 6.07) is 1.42. The first-order chi connectivity index (χ1) is 9.31. The zero-order chi connectivity index (χ0) is 14.9. The van der Waals surface area contributed by atoms with E-state index in [9.17, 15) is 14.4 Å². The fourth-order valence-electron chi connectivity index (χ4n) is 1.96. The Morgan fingerprint density at radius 1 is 1.45 bits per heavy atom. The molecule has 1 aromatic heterocycles. The number of nitrogens with zero attached hydrogens (tertiary/aromatic N) is 2. The van der Waals surface area contributed by atoms with Crippen LogP contribution in [0.2, 0.25) is 0 Å². The number of carbonyl (C=O) groups is 3. The van der Waals surface area contributed by atoms with Gasteiger partial charge in [0.1, 0.15) is 12.1 Å². The first-order valence-electron chi connectivity index (χ1n) is 6.20. The fourth-order valence-corrected chi connectivity index (χ4v) is 2.62. The molecule has 4 amide bonds. The molecule has 1 fully saturated rings. The smallest absolute Gasteiger partial charge is 0.325 e. The third-order valence-electron chi connectivity index (χ3n) is 3.16. The van der Waals surface area contributed by atoms with Crippen molar-refractivity contribution >= 4 is 29.2 Å². The molecule has 108 valence electrons. The summed E-state index contributed by atoms with van der Waals surface area (Å²) in [5.41, 5.74) is 0.0897. The van der Waals surface area contributed by atoms with E-state index in [2.05, 4.69) is 5.32 Å². The van der Waals surface area contributed by atoms with Gasteiger partial charge in [0.2, 0.25) is 5.91 Å². The van der Waals surface area contributed by atoms with E-state index in [-0.39, 0.29) is 18.4 Å². The molecule has 20 heavy (non-hydrogen) atoms. The van der Waals surface area contributed by atoms with Gasteiger partial charge < -0.3 is 10.2 Å². The first-order valence-corrected chi connectivity index (χ1v) is 7.14. The van der Waals surface area contributed by atoms with Gasteiger partial charge in [-0.15, -0.1) is 0 Å². The standard InChI is InChI=1S/C13H17N3O3S/c1-13(2)11(18)16(12(19)14-13)7-10(17)15(3)6-9-4-5-20-8-9/h4-5,8H,6-7H2,1-3H3,(H,14,19). The number of likely N-dealkylation sites (N-methyl/N-ethyl adjacent to an activating group) is 1. The molecule has 1 N–H and O–H groups in total. The zero-order valence-electron chi connectivity index (χ0n) is 11.7. The molecule has 0 atom stereocenters. The van der Waals surface area contributed by atoms with E-state index in [1.807, 2.05) is 16.8 Å². The van der Waals surface area contributed by atoms with Crippen LogP contribution in [0.15, 0.2) is 16.8 Å². The van der Waals surface area contributed by atoms with Gasteiger partial charge in [0.05, 0.1) is 0 Å². The number of thiophene rings is 1. The predicted octanol–water partition coefficient (Wildman–Crippen LogP) is 1.04. The van der Waals surface area contributed by atoms with E-state index in [1.54, 1.807) is 32.2 Å². The quantitative estimate of drug-likeness (QED) is 0.844. The molecule has 2 heterocycles. The maximum Gasteiger partial charge on any atom is 0.325 e. The van der Waals surface area contributed by atoms with Gasteiger partial charge >= 0.3 is 6.03 Å². The number of imide groups is 1. The minimum Gasteiger partial charge on any atom is -0.340 e. The van der Waals surface area contributed by atoms with E-state index in [0.717, 1.165) is 10.5 Å². The van der Waals surface area contributed by atoms with Gasteiger partial charge in [0.25, 0.3) is 5.91 Å². The van der Waals surface area contributed by atoms with Crippen LogP contribution < -0.4 is 5.32 Å². The van der Waals surface area contributed by atoms with E-state index in [1.165, 1.54) is 4.90 Å². The number of nitrogens with one attached hydrogen (secondary N) is 1. The predicted molar refractivity (Wildman–Crippen MR) is 75.1 cm³/mol. The highest BCUT2D eigenvalue weighted by Crippen LogP contribution is 2.16. The van der Waals surface area contributed by atoms with Gasteiger partial charge in [-0.2, -0.15) is 11.3 Å². The maximum atomic E-state index is 12.1. The highest BCUT2D eigenvalue weighted by molar-refractivity contribution is 7.07. The van der Waals surface area contributed by atoms with Gasteiger partial charge in [0.15, 0.2) is 0 Å². The lowest BCUT2D eigenvalue weighted by molar-refractivity contribution is -0.138. The summed E-state index contributed by atoms with van der Waals surface area (Å²) in [4.78, 5) is 38.2. The molecule has 1 saturated heterocycles. The van der Waals surface area contributed by atoms with Crippen LogP contribution in [-0.4, -0.2) is 46.8 Å². The largest absolute Gasteiger partial charge is 0.340 e. The van der Waals surface area contributed by atoms with Crippen molar-refractivity contribution in [1.82, 2.24) is 15.1 Å². The molecule has 2 rings (SSSR count). The Hall–Kier alpha value is -1.89. The lowest BCUT2D eigenvalue weighted by Gasteiger charge is -2.20. The Bertz CT molecular complexity index is 539. The Kier molecular flexibility index (Phi) is 3.80. The van der Waals surface area contributed by atoms with Gasteiger partial charge in [-0.1, -0.05) is 0 Å². The van der Waals surface area contributed by atoms with Crippen molar-refractivity contribution in [3.63, 3.8) is 0 Å². The van der Waals surface area contributed by atoms with Crippen LogP contribution in [0, 0.1) is 0 Å². The van der Waals surface area contributed by atoms with Crippen LogP contribution in [0.1, 0.15) is 19.4 Å². The molecule has 1 aliphatic rings. The fraction of sp³-hybridized carbons (Fsp3) is 0.462. The maximum absolute atomic E-state index is 12.1. The van der Waals surface area contributed by atoms with Crippen molar-refractivity contribution in [3.8, 4) is 0 Å². The van der Waals surface area contributed by atoms with Crippen LogP contribution in [0.25, 0.3) is 0 Å². The third kappa shape index (κ3) is 2.82. The monoisotopic (exact) mass is 295 g/mol. The Balaban J connectivity index is 1.98. The topological polar surface area (TPSA) is 69.7 Å². The number of rotatable bonds is 4. The van der Waals surface area contributed by atoms with Gasteiger partial charge in [0, 0.05) is 13.6 Å². The third-order valence-corrected chi connectivity index (χ3v) is 3.90. The van der Waals surface area contributed by atoms with Crippen LogP contribution in [0.4, 0.5) is 4.79 Å². The van der Waals surface area contributed by atoms with Crippen LogP contribution >= 0.6 is 11.3 Å². The summed E-state index contributed by atoms with van der Waals surface area (Å²) in [6.07, 6.45) is 0. The van der Waals surface area contributed by atoms with E-state index >= 15 is 0 Å². The molecule has 0 unspecified atom stereocenters. The molecular weight excluding hydrogens is 278 g/mol. The summed E-state index contributed by atoms with van der Waals surface area (Å²) < 4.78 is 0. The van der Waals surface area contributed by atoms with E-state index < -0.39 is 11.6 Å². The van der Waals surface area contributed by atoms with Crippen LogP contribution in [-0.2, 0) is 16.1 Å². The highest BCUT2D eigenvalue weighted by Gasteiger charge is 2.45. The highest BCUT2D eigenvalue weighted by atomic mass is 32.1. The molecule has 7 heteroatoms. The molecule has 0 aromatic carbocycles. The molecule has 0 saturated carbocycles. The second-order valence-electron chi connectivity index (χ2n) is 5.33. The number of carbonyl (C=O) groups excluding carboxylic acids is 3. The summed E-state index contributed by atoms with van der Waals surface area (Å²) in [6.45, 7) is 3.48. The number of urea groups is 1. The summed E-state index contributed by atoms with van der Waals surface area (Å²) in [5, 5.41) is 6.45. The molecule has 0 radical (unpaired) electrons. The Labute approximate surface area is 121 Å². The average Bonchev–Trinajstić information content (AvgIpc) is 2.92. The molecule has 1 aliphatic heterocycles. The molecule has 0 spiro atoms. The first kappa shape index (κ1) is 14.5. The van der Waals surface area contributed by atoms with Crippen molar-refractivity contribution in [2.45, 2.75) is 25.9 Å². The molecule has 0 bridgehead atoms. The Morgan fingerprint density at radius 3 is 2.65 bits per heavy atom. The van der Waals surface area contributed by atoms with Crippen molar-refractivity contribution in [1.29, 1.82) is 0 Å². The summed E-state index contributed by atoms with van der Waals surface area (Å²) in [5.74, 6) is -0.641. The van der Waals surface area contributed by atoms with Gasteiger partial charge in [-0.05, 0) is 36.2 Å². The van der Waals surface area contributed by atoms with Crippen molar-refractivity contribution in [2.75, 3.05) is 13.6 Å². The van der Waals surface area contributed by atoms with Gasteiger partial charge in [-0.3, -0.25) is 14.5 Å². The second-order valence-corrected chi connectivity index (χ2v) is 6.11. The normalized spacial score (nSPS) is 17.2. The van der Waals surface area contributed by atoms with Crippen molar-refractivity contribution in [3.05, 3.63) is 22.4 Å². The van der Waals surface area contributed by atoms with E-state index in [4.69, 9.17) is 0 Å². The van der Waals surface area contributed by atoms with Crippen LogP contribution in [0.5, 0.6) is 0 Å². The molecule has 6 nitrogen and oxygen atoms in total. The summed E-state index contributed by atoms with van der Waals surface area (Å²) >= 11 is 1.56. The molecule has 0 aliphatic carbocycles. The van der Waals surface area contributed by atoms with Crippen molar-refractivity contribution < 1.29 is 14.4 Å². The summed E-state index contributed by atoms with van der Waals surface area (Å²) in [7, 11) is 1.66. The SMILES string of the molecule is CN(Cc1ccsc1)C(=O)CN1C(=O)NC(C)(C)C1=O. The molecule has 1 aromatic rings. The second kappa shape index (κ2) is 5.24. The van der Waals surface area contributed by atoms with Crippen molar-refractivity contribution in [2.24, 2.45) is 0 Å². The number of hydrogen-bond acceptors (Lipinski definition) is 4. The number of amides is 4. The molecular formula is C13H17N3O3S. The number of hydrogen-bond donors (Lipinski definition) is 1. The minimum atomic E-state index is -0.941. The van der Waals surface area contributed by atoms with Crippen LogP contribution in [0.3, 0.4) is 0 Å². The zero-order valence-corrected chi connectivity index (χ0v) is 12.5. The average molecular weight is 295 g/mol. The Morgan fingerprint density at radius 2 is 2.15 bits per heavy atom. The lowest BCUT2D eigenvalue weighted by Crippen LogP contribution is -2.43. The van der Waals surface area contributed by atoms with Gasteiger partial charge in [-0.25, -0.2) is 4.79 Å². The van der Waals surface area contributed by atoms with E-state index in [0.29, 0.717) is 6.54 Å². The lowest BCUT2D eigenvalue weighted by atomic mass is 10.1.